The molecule has 0 radical (unpaired) electrons. The van der Waals surface area contributed by atoms with E-state index in [4.69, 9.17) is 5.11 Å². The standard InChI is InChI=1S/C12H14O4S/c1-7(13)5-8-3-4-9(10(6-8)17-2)11(14)12(15)16/h3-4,6,11,14H,5H2,1-2H3,(H,15,16). The van der Waals surface area contributed by atoms with E-state index < -0.39 is 12.1 Å². The molecule has 1 aromatic carbocycles. The van der Waals surface area contributed by atoms with Crippen LogP contribution in [0.15, 0.2) is 23.1 Å². The second-order valence-electron chi connectivity index (χ2n) is 3.70. The lowest BCUT2D eigenvalue weighted by molar-refractivity contribution is -0.147. The zero-order valence-electron chi connectivity index (χ0n) is 9.64. The lowest BCUT2D eigenvalue weighted by Gasteiger charge is -2.12. The molecule has 0 bridgehead atoms. The summed E-state index contributed by atoms with van der Waals surface area (Å²) in [5.74, 6) is -1.23. The van der Waals surface area contributed by atoms with Crippen LogP contribution in [0.25, 0.3) is 0 Å². The maximum absolute atomic E-state index is 11.0. The normalized spacial score (nSPS) is 12.2. The number of carboxylic acids is 1. The van der Waals surface area contributed by atoms with Crippen molar-refractivity contribution < 1.29 is 19.8 Å². The minimum Gasteiger partial charge on any atom is -0.479 e. The Morgan fingerprint density at radius 2 is 2.06 bits per heavy atom. The molecule has 0 amide bonds. The van der Waals surface area contributed by atoms with Gasteiger partial charge in [-0.15, -0.1) is 11.8 Å². The number of hydrogen-bond acceptors (Lipinski definition) is 4. The van der Waals surface area contributed by atoms with Gasteiger partial charge in [0.25, 0.3) is 0 Å². The van der Waals surface area contributed by atoms with Crippen molar-refractivity contribution in [3.63, 3.8) is 0 Å². The van der Waals surface area contributed by atoms with Crippen LogP contribution in [-0.4, -0.2) is 28.2 Å². The Balaban J connectivity index is 3.09. The summed E-state index contributed by atoms with van der Waals surface area (Å²) in [6.07, 6.45) is 0.589. The van der Waals surface area contributed by atoms with Crippen molar-refractivity contribution in [3.05, 3.63) is 29.3 Å². The van der Waals surface area contributed by atoms with Crippen LogP contribution >= 0.6 is 11.8 Å². The first kappa shape index (κ1) is 13.7. The smallest absolute Gasteiger partial charge is 0.337 e. The van der Waals surface area contributed by atoms with Gasteiger partial charge >= 0.3 is 5.97 Å². The fraction of sp³-hybridized carbons (Fsp3) is 0.333. The summed E-state index contributed by atoms with van der Waals surface area (Å²) in [5, 5.41) is 18.3. The van der Waals surface area contributed by atoms with Gasteiger partial charge in [-0.1, -0.05) is 12.1 Å². The molecule has 0 aliphatic heterocycles. The maximum atomic E-state index is 11.0. The Hall–Kier alpha value is -1.33. The first-order chi connectivity index (χ1) is 7.95. The van der Waals surface area contributed by atoms with Crippen molar-refractivity contribution in [2.75, 3.05) is 6.26 Å². The number of thioether (sulfide) groups is 1. The summed E-state index contributed by atoms with van der Waals surface area (Å²) in [6, 6.07) is 4.97. The summed E-state index contributed by atoms with van der Waals surface area (Å²) in [5.41, 5.74) is 1.18. The van der Waals surface area contributed by atoms with Gasteiger partial charge in [-0.2, -0.15) is 0 Å². The first-order valence-corrected chi connectivity index (χ1v) is 6.25. The van der Waals surface area contributed by atoms with Gasteiger partial charge in [0.05, 0.1) is 0 Å². The second-order valence-corrected chi connectivity index (χ2v) is 4.54. The van der Waals surface area contributed by atoms with Gasteiger partial charge < -0.3 is 10.2 Å². The fourth-order valence-electron chi connectivity index (χ4n) is 1.51. The summed E-state index contributed by atoms with van der Waals surface area (Å²) < 4.78 is 0. The van der Waals surface area contributed by atoms with Gasteiger partial charge in [0.2, 0.25) is 0 Å². The number of hydrogen-bond donors (Lipinski definition) is 2. The molecule has 2 N–H and O–H groups in total. The summed E-state index contributed by atoms with van der Waals surface area (Å²) in [7, 11) is 0. The van der Waals surface area contributed by atoms with E-state index in [0.29, 0.717) is 16.9 Å². The number of aliphatic hydroxyl groups excluding tert-OH is 1. The third kappa shape index (κ3) is 3.57. The molecule has 0 aromatic heterocycles. The van der Waals surface area contributed by atoms with E-state index in [2.05, 4.69) is 0 Å². The molecule has 0 aliphatic rings. The SMILES string of the molecule is CSc1cc(CC(C)=O)ccc1C(O)C(=O)O. The molecule has 1 aromatic rings. The van der Waals surface area contributed by atoms with E-state index in [1.165, 1.54) is 18.7 Å². The number of Topliss-reactive ketones (excluding diaryl/α,β-unsaturated/α-hetero) is 1. The Morgan fingerprint density at radius 1 is 1.41 bits per heavy atom. The molecule has 0 saturated carbocycles. The number of aliphatic carboxylic acids is 1. The molecular formula is C12H14O4S. The largest absolute Gasteiger partial charge is 0.479 e. The van der Waals surface area contributed by atoms with Crippen LogP contribution in [0, 0.1) is 0 Å². The molecule has 0 fully saturated rings. The second kappa shape index (κ2) is 5.84. The highest BCUT2D eigenvalue weighted by molar-refractivity contribution is 7.98. The van der Waals surface area contributed by atoms with Crippen LogP contribution < -0.4 is 0 Å². The van der Waals surface area contributed by atoms with E-state index in [0.717, 1.165) is 5.56 Å². The third-order valence-corrected chi connectivity index (χ3v) is 3.07. The topological polar surface area (TPSA) is 74.6 Å². The number of carboxylic acid groups (broad SMARTS) is 1. The van der Waals surface area contributed by atoms with E-state index in [9.17, 15) is 14.7 Å². The van der Waals surface area contributed by atoms with Crippen LogP contribution in [-0.2, 0) is 16.0 Å². The van der Waals surface area contributed by atoms with Crippen molar-refractivity contribution in [2.24, 2.45) is 0 Å². The average molecular weight is 254 g/mol. The number of aliphatic hydroxyl groups is 1. The summed E-state index contributed by atoms with van der Waals surface area (Å²) >= 11 is 1.35. The minimum atomic E-state index is -1.52. The van der Waals surface area contributed by atoms with Crippen LogP contribution in [0.5, 0.6) is 0 Å². The predicted molar refractivity (Wildman–Crippen MR) is 65.2 cm³/mol. The molecule has 0 aliphatic carbocycles. The van der Waals surface area contributed by atoms with Crippen molar-refractivity contribution in [3.8, 4) is 0 Å². The third-order valence-electron chi connectivity index (χ3n) is 2.28. The van der Waals surface area contributed by atoms with Crippen LogP contribution in [0.1, 0.15) is 24.2 Å². The fourth-order valence-corrected chi connectivity index (χ4v) is 2.20. The Kier molecular flexibility index (Phi) is 4.72. The lowest BCUT2D eigenvalue weighted by atomic mass is 10.0. The molecule has 0 spiro atoms. The van der Waals surface area contributed by atoms with Crippen LogP contribution in [0.4, 0.5) is 0 Å². The van der Waals surface area contributed by atoms with Gasteiger partial charge in [0.15, 0.2) is 6.10 Å². The molecule has 92 valence electrons. The number of carbonyl (C=O) groups is 2. The molecule has 5 heteroatoms. The number of carbonyl (C=O) groups excluding carboxylic acids is 1. The molecule has 1 atom stereocenters. The van der Waals surface area contributed by atoms with E-state index in [-0.39, 0.29) is 5.78 Å². The highest BCUT2D eigenvalue weighted by Gasteiger charge is 2.19. The molecular weight excluding hydrogens is 240 g/mol. The highest BCUT2D eigenvalue weighted by Crippen LogP contribution is 2.27. The van der Waals surface area contributed by atoms with Gasteiger partial charge in [0, 0.05) is 16.9 Å². The lowest BCUT2D eigenvalue weighted by Crippen LogP contribution is -2.11. The summed E-state index contributed by atoms with van der Waals surface area (Å²) in [4.78, 5) is 22.4. The van der Waals surface area contributed by atoms with Gasteiger partial charge in [-0.25, -0.2) is 4.79 Å². The van der Waals surface area contributed by atoms with E-state index >= 15 is 0 Å². The Labute approximate surface area is 104 Å². The highest BCUT2D eigenvalue weighted by atomic mass is 32.2. The molecule has 0 saturated heterocycles. The molecule has 1 unspecified atom stereocenters. The van der Waals surface area contributed by atoms with Crippen molar-refractivity contribution in [1.82, 2.24) is 0 Å². The van der Waals surface area contributed by atoms with Crippen LogP contribution in [0.3, 0.4) is 0 Å². The van der Waals surface area contributed by atoms with E-state index in [1.807, 2.05) is 0 Å². The first-order valence-electron chi connectivity index (χ1n) is 5.02. The molecule has 0 heterocycles. The summed E-state index contributed by atoms with van der Waals surface area (Å²) in [6.45, 7) is 1.50. The number of rotatable bonds is 5. The van der Waals surface area contributed by atoms with Gasteiger partial charge in [0.1, 0.15) is 5.78 Å². The Bertz CT molecular complexity index is 442. The zero-order valence-corrected chi connectivity index (χ0v) is 10.5. The monoisotopic (exact) mass is 254 g/mol. The van der Waals surface area contributed by atoms with Crippen molar-refractivity contribution in [2.45, 2.75) is 24.3 Å². The molecule has 1 rings (SSSR count). The Morgan fingerprint density at radius 3 is 2.53 bits per heavy atom. The van der Waals surface area contributed by atoms with Gasteiger partial charge in [-0.05, 0) is 24.8 Å². The molecule has 17 heavy (non-hydrogen) atoms. The number of ketones is 1. The van der Waals surface area contributed by atoms with E-state index in [1.54, 1.807) is 24.5 Å². The van der Waals surface area contributed by atoms with Gasteiger partial charge in [-0.3, -0.25) is 4.79 Å². The van der Waals surface area contributed by atoms with Crippen molar-refractivity contribution >= 4 is 23.5 Å². The molecule has 4 nitrogen and oxygen atoms in total. The van der Waals surface area contributed by atoms with Crippen molar-refractivity contribution in [1.29, 1.82) is 0 Å². The quantitative estimate of drug-likeness (QED) is 0.782. The number of benzene rings is 1. The zero-order chi connectivity index (χ0) is 13.0. The minimum absolute atomic E-state index is 0.0450. The predicted octanol–water partition coefficient (Wildman–Crippen LogP) is 1.66. The maximum Gasteiger partial charge on any atom is 0.337 e. The average Bonchev–Trinajstić information content (AvgIpc) is 2.27. The van der Waals surface area contributed by atoms with Crippen LogP contribution in [0.2, 0.25) is 0 Å².